The second kappa shape index (κ2) is 4.56. The van der Waals surface area contributed by atoms with E-state index in [1.807, 2.05) is 0 Å². The summed E-state index contributed by atoms with van der Waals surface area (Å²) in [5.41, 5.74) is -0.0619. The van der Waals surface area contributed by atoms with E-state index in [1.54, 1.807) is 12.1 Å². The minimum absolute atomic E-state index is 0.0473. The average molecular weight is 235 g/mol. The first kappa shape index (κ1) is 11.0. The zero-order chi connectivity index (χ0) is 12.3. The summed E-state index contributed by atoms with van der Waals surface area (Å²) in [4.78, 5) is 22.1. The summed E-state index contributed by atoms with van der Waals surface area (Å²) in [6.07, 6.45) is 2.51. The Labute approximate surface area is 95.8 Å². The van der Waals surface area contributed by atoms with E-state index >= 15 is 0 Å². The molecule has 2 aromatic rings. The topological polar surface area (TPSA) is 92.7 Å². The maximum atomic E-state index is 11.5. The quantitative estimate of drug-likeness (QED) is 0.837. The number of rotatable bonds is 4. The third-order valence-corrected chi connectivity index (χ3v) is 2.07. The van der Waals surface area contributed by atoms with Crippen LogP contribution in [0.25, 0.3) is 0 Å². The Hall–Kier alpha value is -2.50. The van der Waals surface area contributed by atoms with Crippen LogP contribution in [0.5, 0.6) is 0 Å². The Morgan fingerprint density at radius 3 is 2.76 bits per heavy atom. The first-order valence-corrected chi connectivity index (χ1v) is 4.79. The number of carboxylic acids is 1. The van der Waals surface area contributed by atoms with Gasteiger partial charge in [0.15, 0.2) is 5.76 Å². The van der Waals surface area contributed by atoms with Gasteiger partial charge in [-0.3, -0.25) is 4.79 Å². The molecule has 0 unspecified atom stereocenters. The van der Waals surface area contributed by atoms with Gasteiger partial charge in [-0.1, -0.05) is 0 Å². The first-order valence-electron chi connectivity index (χ1n) is 4.79. The Morgan fingerprint density at radius 2 is 2.18 bits per heavy atom. The number of amides is 1. The molecule has 0 fully saturated rings. The summed E-state index contributed by atoms with van der Waals surface area (Å²) in [7, 11) is 0. The fraction of sp³-hybridized carbons (Fsp3) is 0.0909. The fourth-order valence-electron chi connectivity index (χ4n) is 1.24. The Bertz CT molecular complexity index is 526. The number of carbonyl (C=O) groups excluding carboxylic acids is 1. The number of aromatic carboxylic acids is 1. The maximum absolute atomic E-state index is 11.5. The van der Waals surface area contributed by atoms with E-state index in [2.05, 4.69) is 5.32 Å². The van der Waals surface area contributed by atoms with Crippen LogP contribution in [0.1, 0.15) is 26.7 Å². The summed E-state index contributed by atoms with van der Waals surface area (Å²) in [6.45, 7) is 0.217. The van der Waals surface area contributed by atoms with Gasteiger partial charge >= 0.3 is 5.97 Å². The predicted octanol–water partition coefficient (Wildman–Crippen LogP) is 1.50. The lowest BCUT2D eigenvalue weighted by Crippen LogP contribution is -2.21. The normalized spacial score (nSPS) is 10.1. The lowest BCUT2D eigenvalue weighted by Gasteiger charge is -1.99. The minimum Gasteiger partial charge on any atom is -0.478 e. The molecule has 2 rings (SSSR count). The highest BCUT2D eigenvalue weighted by Gasteiger charge is 2.14. The van der Waals surface area contributed by atoms with Gasteiger partial charge < -0.3 is 19.3 Å². The molecule has 0 saturated carbocycles. The number of furan rings is 2. The molecule has 2 heterocycles. The van der Waals surface area contributed by atoms with Crippen LogP contribution in [-0.4, -0.2) is 17.0 Å². The number of nitrogens with one attached hydrogen (secondary N) is 1. The van der Waals surface area contributed by atoms with Crippen molar-refractivity contribution in [1.29, 1.82) is 0 Å². The van der Waals surface area contributed by atoms with E-state index in [1.165, 1.54) is 12.3 Å². The van der Waals surface area contributed by atoms with Crippen molar-refractivity contribution in [3.63, 3.8) is 0 Å². The summed E-state index contributed by atoms with van der Waals surface area (Å²) in [5.74, 6) is -1.08. The van der Waals surface area contributed by atoms with Crippen LogP contribution in [0.3, 0.4) is 0 Å². The van der Waals surface area contributed by atoms with Crippen LogP contribution in [0, 0.1) is 0 Å². The minimum atomic E-state index is -1.14. The Morgan fingerprint density at radius 1 is 1.35 bits per heavy atom. The van der Waals surface area contributed by atoms with Gasteiger partial charge in [0, 0.05) is 6.07 Å². The second-order valence-corrected chi connectivity index (χ2v) is 3.27. The van der Waals surface area contributed by atoms with Crippen molar-refractivity contribution >= 4 is 11.9 Å². The molecule has 0 radical (unpaired) electrons. The summed E-state index contributed by atoms with van der Waals surface area (Å²) >= 11 is 0. The molecule has 17 heavy (non-hydrogen) atoms. The third kappa shape index (κ3) is 2.54. The van der Waals surface area contributed by atoms with E-state index in [9.17, 15) is 9.59 Å². The number of hydrogen-bond acceptors (Lipinski definition) is 4. The van der Waals surface area contributed by atoms with Crippen molar-refractivity contribution < 1.29 is 23.5 Å². The van der Waals surface area contributed by atoms with Crippen LogP contribution in [0.15, 0.2) is 39.6 Å². The highest BCUT2D eigenvalue weighted by Crippen LogP contribution is 2.08. The summed E-state index contributed by atoms with van der Waals surface area (Å²) < 4.78 is 9.86. The average Bonchev–Trinajstić information content (AvgIpc) is 2.96. The number of carboxylic acid groups (broad SMARTS) is 1. The first-order chi connectivity index (χ1) is 8.16. The standard InChI is InChI=1S/C11H9NO5/c13-10(12-5-8-2-1-3-16-8)9-4-7(6-17-9)11(14)15/h1-4,6H,5H2,(H,12,13)(H,14,15). The van der Waals surface area contributed by atoms with Crippen LogP contribution >= 0.6 is 0 Å². The van der Waals surface area contributed by atoms with Crippen molar-refractivity contribution in [2.24, 2.45) is 0 Å². The molecule has 2 N–H and O–H groups in total. The maximum Gasteiger partial charge on any atom is 0.338 e. The van der Waals surface area contributed by atoms with E-state index in [0.717, 1.165) is 6.26 Å². The van der Waals surface area contributed by atoms with E-state index in [4.69, 9.17) is 13.9 Å². The van der Waals surface area contributed by atoms with Gasteiger partial charge in [-0.2, -0.15) is 0 Å². The second-order valence-electron chi connectivity index (χ2n) is 3.27. The van der Waals surface area contributed by atoms with Crippen LogP contribution in [0.2, 0.25) is 0 Å². The van der Waals surface area contributed by atoms with Crippen LogP contribution < -0.4 is 5.32 Å². The highest BCUT2D eigenvalue weighted by atomic mass is 16.4. The molecular weight excluding hydrogens is 226 g/mol. The van der Waals surface area contributed by atoms with Gasteiger partial charge in [-0.15, -0.1) is 0 Å². The SMILES string of the molecule is O=C(O)c1coc(C(=O)NCc2ccco2)c1. The fourth-order valence-corrected chi connectivity index (χ4v) is 1.24. The zero-order valence-corrected chi connectivity index (χ0v) is 8.67. The Kier molecular flexibility index (Phi) is 2.95. The molecule has 0 bridgehead atoms. The molecule has 0 atom stereocenters. The van der Waals surface area contributed by atoms with Crippen LogP contribution in [-0.2, 0) is 6.54 Å². The van der Waals surface area contributed by atoms with Gasteiger partial charge in [-0.25, -0.2) is 4.79 Å². The largest absolute Gasteiger partial charge is 0.478 e. The van der Waals surface area contributed by atoms with E-state index in [0.29, 0.717) is 5.76 Å². The molecule has 88 valence electrons. The van der Waals surface area contributed by atoms with Gasteiger partial charge in [0.05, 0.1) is 18.4 Å². The van der Waals surface area contributed by atoms with Crippen molar-refractivity contribution in [1.82, 2.24) is 5.32 Å². The highest BCUT2D eigenvalue weighted by molar-refractivity contribution is 5.95. The predicted molar refractivity (Wildman–Crippen MR) is 55.5 cm³/mol. The van der Waals surface area contributed by atoms with Crippen molar-refractivity contribution in [2.45, 2.75) is 6.54 Å². The monoisotopic (exact) mass is 235 g/mol. The molecule has 2 aromatic heterocycles. The molecule has 6 heteroatoms. The third-order valence-electron chi connectivity index (χ3n) is 2.07. The van der Waals surface area contributed by atoms with Crippen molar-refractivity contribution in [3.8, 4) is 0 Å². The molecule has 0 aliphatic heterocycles. The van der Waals surface area contributed by atoms with Gasteiger partial charge in [0.25, 0.3) is 5.91 Å². The van der Waals surface area contributed by atoms with Crippen molar-refractivity contribution in [2.75, 3.05) is 0 Å². The van der Waals surface area contributed by atoms with Crippen LogP contribution in [0.4, 0.5) is 0 Å². The lowest BCUT2D eigenvalue weighted by atomic mass is 10.3. The van der Waals surface area contributed by atoms with E-state index in [-0.39, 0.29) is 17.9 Å². The molecule has 0 saturated heterocycles. The smallest absolute Gasteiger partial charge is 0.338 e. The molecule has 0 aliphatic rings. The van der Waals surface area contributed by atoms with Gasteiger partial charge in [0.2, 0.25) is 0 Å². The molecular formula is C11H9NO5. The zero-order valence-electron chi connectivity index (χ0n) is 8.67. The lowest BCUT2D eigenvalue weighted by molar-refractivity contribution is 0.0696. The summed E-state index contributed by atoms with van der Waals surface area (Å²) in [6, 6.07) is 4.59. The number of hydrogen-bond donors (Lipinski definition) is 2. The molecule has 0 spiro atoms. The molecule has 0 aliphatic carbocycles. The van der Waals surface area contributed by atoms with Gasteiger partial charge in [-0.05, 0) is 12.1 Å². The molecule has 6 nitrogen and oxygen atoms in total. The molecule has 1 amide bonds. The summed E-state index contributed by atoms with van der Waals surface area (Å²) in [5, 5.41) is 11.2. The van der Waals surface area contributed by atoms with Gasteiger partial charge in [0.1, 0.15) is 12.0 Å². The van der Waals surface area contributed by atoms with Crippen molar-refractivity contribution in [3.05, 3.63) is 47.8 Å². The number of carbonyl (C=O) groups is 2. The molecule has 0 aromatic carbocycles. The Balaban J connectivity index is 1.97. The van der Waals surface area contributed by atoms with E-state index < -0.39 is 11.9 Å².